The number of amides is 1. The van der Waals surface area contributed by atoms with Crippen molar-refractivity contribution >= 4 is 6.41 Å². The summed E-state index contributed by atoms with van der Waals surface area (Å²) in [5, 5.41) is 2.90. The summed E-state index contributed by atoms with van der Waals surface area (Å²) in [6, 6.07) is 0.255. The number of rotatable bonds is 3. The van der Waals surface area contributed by atoms with Gasteiger partial charge in [0.05, 0.1) is 0 Å². The molecule has 0 spiro atoms. The van der Waals surface area contributed by atoms with E-state index < -0.39 is 0 Å². The highest BCUT2D eigenvalue weighted by Gasteiger charge is 2.28. The van der Waals surface area contributed by atoms with E-state index in [1.165, 1.54) is 0 Å². The summed E-state index contributed by atoms with van der Waals surface area (Å²) in [7, 11) is 0. The maximum absolute atomic E-state index is 10.4. The van der Waals surface area contributed by atoms with Crippen molar-refractivity contribution in [2.45, 2.75) is 54.0 Å². The fourth-order valence-corrected chi connectivity index (χ4v) is 1.31. The Morgan fingerprint density at radius 3 is 1.85 bits per heavy atom. The molecule has 1 amide bonds. The van der Waals surface area contributed by atoms with Crippen molar-refractivity contribution in [3.63, 3.8) is 0 Å². The third-order valence-corrected chi connectivity index (χ3v) is 2.13. The first-order chi connectivity index (χ1) is 5.67. The van der Waals surface area contributed by atoms with Crippen molar-refractivity contribution in [2.75, 3.05) is 0 Å². The van der Waals surface area contributed by atoms with E-state index in [9.17, 15) is 4.79 Å². The molecule has 0 fully saturated rings. The molecule has 0 aromatic rings. The summed E-state index contributed by atoms with van der Waals surface area (Å²) in [5.41, 5.74) is 0.391. The summed E-state index contributed by atoms with van der Waals surface area (Å²) in [6.07, 6.45) is 1.82. The smallest absolute Gasteiger partial charge is 0.207 e. The fraction of sp³-hybridized carbons (Fsp3) is 0.909. The Labute approximate surface area is 82.1 Å². The number of hydrogen-bond acceptors (Lipinski definition) is 1. The summed E-state index contributed by atoms with van der Waals surface area (Å²) in [5.74, 6) is 0. The molecule has 1 unspecified atom stereocenters. The van der Waals surface area contributed by atoms with Crippen LogP contribution in [0.25, 0.3) is 0 Å². The maximum atomic E-state index is 10.4. The molecule has 0 heterocycles. The molecule has 0 aromatic carbocycles. The summed E-state index contributed by atoms with van der Waals surface area (Å²) in [6.45, 7) is 13.0. The molecule has 0 aliphatic heterocycles. The van der Waals surface area contributed by atoms with Gasteiger partial charge in [-0.15, -0.1) is 0 Å². The van der Waals surface area contributed by atoms with E-state index in [1.54, 1.807) is 0 Å². The fourth-order valence-electron chi connectivity index (χ4n) is 1.31. The highest BCUT2D eigenvalue weighted by atomic mass is 16.1. The highest BCUT2D eigenvalue weighted by molar-refractivity contribution is 5.46. The zero-order valence-corrected chi connectivity index (χ0v) is 9.77. The first-order valence-corrected chi connectivity index (χ1v) is 4.86. The highest BCUT2D eigenvalue weighted by Crippen LogP contribution is 2.30. The quantitative estimate of drug-likeness (QED) is 0.673. The summed E-state index contributed by atoms with van der Waals surface area (Å²) >= 11 is 0. The minimum atomic E-state index is 0.133. The van der Waals surface area contributed by atoms with Crippen LogP contribution in [0.4, 0.5) is 0 Å². The van der Waals surface area contributed by atoms with Gasteiger partial charge in [-0.25, -0.2) is 0 Å². The lowest BCUT2D eigenvalue weighted by molar-refractivity contribution is -0.111. The second-order valence-electron chi connectivity index (χ2n) is 5.97. The van der Waals surface area contributed by atoms with Gasteiger partial charge in [0.15, 0.2) is 0 Å². The summed E-state index contributed by atoms with van der Waals surface area (Å²) in [4.78, 5) is 10.4. The van der Waals surface area contributed by atoms with Crippen molar-refractivity contribution in [3.05, 3.63) is 0 Å². The second kappa shape index (κ2) is 4.12. The van der Waals surface area contributed by atoms with Crippen molar-refractivity contribution in [2.24, 2.45) is 10.8 Å². The van der Waals surface area contributed by atoms with E-state index in [0.717, 1.165) is 12.8 Å². The van der Waals surface area contributed by atoms with Crippen LogP contribution in [0.3, 0.4) is 0 Å². The molecule has 0 aromatic heterocycles. The molecular formula is C11H23NO. The molecule has 0 bridgehead atoms. The molecule has 0 aliphatic rings. The summed E-state index contributed by atoms with van der Waals surface area (Å²) < 4.78 is 0. The van der Waals surface area contributed by atoms with Gasteiger partial charge in [0.1, 0.15) is 0 Å². The standard InChI is InChI=1S/C11H23NO/c1-10(2,3)7-9(12-8-13)11(4,5)6/h8-9H,7H2,1-6H3,(H,12,13). The zero-order chi connectivity index (χ0) is 10.7. The van der Waals surface area contributed by atoms with E-state index in [1.807, 2.05) is 0 Å². The molecule has 0 rings (SSSR count). The van der Waals surface area contributed by atoms with E-state index in [0.29, 0.717) is 0 Å². The molecule has 0 radical (unpaired) electrons. The van der Waals surface area contributed by atoms with Crippen molar-refractivity contribution < 1.29 is 4.79 Å². The average Bonchev–Trinajstić information content (AvgIpc) is 1.81. The van der Waals surface area contributed by atoms with Crippen LogP contribution in [-0.4, -0.2) is 12.5 Å². The molecule has 0 saturated heterocycles. The van der Waals surface area contributed by atoms with E-state index in [-0.39, 0.29) is 16.9 Å². The van der Waals surface area contributed by atoms with E-state index in [4.69, 9.17) is 0 Å². The van der Waals surface area contributed by atoms with Crippen LogP contribution in [0.15, 0.2) is 0 Å². The predicted octanol–water partition coefficient (Wildman–Crippen LogP) is 2.58. The van der Waals surface area contributed by atoms with Gasteiger partial charge >= 0.3 is 0 Å². The maximum Gasteiger partial charge on any atom is 0.207 e. The van der Waals surface area contributed by atoms with Gasteiger partial charge in [-0.05, 0) is 17.3 Å². The molecule has 0 aliphatic carbocycles. The number of nitrogens with one attached hydrogen (secondary N) is 1. The van der Waals surface area contributed by atoms with Gasteiger partial charge in [-0.1, -0.05) is 41.5 Å². The number of carbonyl (C=O) groups is 1. The zero-order valence-electron chi connectivity index (χ0n) is 9.77. The minimum Gasteiger partial charge on any atom is -0.355 e. The van der Waals surface area contributed by atoms with Gasteiger partial charge in [-0.2, -0.15) is 0 Å². The number of carbonyl (C=O) groups excluding carboxylic acids is 1. The molecule has 2 heteroatoms. The third-order valence-electron chi connectivity index (χ3n) is 2.13. The molecule has 13 heavy (non-hydrogen) atoms. The Bertz CT molecular complexity index is 162. The lowest BCUT2D eigenvalue weighted by atomic mass is 9.77. The predicted molar refractivity (Wildman–Crippen MR) is 56.5 cm³/mol. The van der Waals surface area contributed by atoms with Crippen molar-refractivity contribution in [1.82, 2.24) is 5.32 Å². The van der Waals surface area contributed by atoms with Crippen LogP contribution in [0, 0.1) is 10.8 Å². The Morgan fingerprint density at radius 2 is 1.62 bits per heavy atom. The minimum absolute atomic E-state index is 0.133. The average molecular weight is 185 g/mol. The van der Waals surface area contributed by atoms with Crippen LogP contribution in [0.1, 0.15) is 48.0 Å². The van der Waals surface area contributed by atoms with Gasteiger partial charge in [0, 0.05) is 6.04 Å². The topological polar surface area (TPSA) is 29.1 Å². The Morgan fingerprint density at radius 1 is 1.15 bits per heavy atom. The first-order valence-electron chi connectivity index (χ1n) is 4.86. The third kappa shape index (κ3) is 5.67. The van der Waals surface area contributed by atoms with Gasteiger partial charge < -0.3 is 5.32 Å². The lowest BCUT2D eigenvalue weighted by Crippen LogP contribution is -2.42. The van der Waals surface area contributed by atoms with Crippen molar-refractivity contribution in [1.29, 1.82) is 0 Å². The SMILES string of the molecule is CC(C)(C)CC(NC=O)C(C)(C)C. The van der Waals surface area contributed by atoms with Gasteiger partial charge in [0.2, 0.25) is 6.41 Å². The lowest BCUT2D eigenvalue weighted by Gasteiger charge is -2.35. The Kier molecular flexibility index (Phi) is 3.95. The molecule has 2 nitrogen and oxygen atoms in total. The van der Waals surface area contributed by atoms with E-state index in [2.05, 4.69) is 46.9 Å². The Balaban J connectivity index is 4.35. The Hall–Kier alpha value is -0.530. The van der Waals surface area contributed by atoms with Crippen LogP contribution in [0.2, 0.25) is 0 Å². The molecule has 78 valence electrons. The van der Waals surface area contributed by atoms with Crippen LogP contribution >= 0.6 is 0 Å². The molecule has 1 N–H and O–H groups in total. The van der Waals surface area contributed by atoms with Gasteiger partial charge in [0.25, 0.3) is 0 Å². The van der Waals surface area contributed by atoms with Crippen molar-refractivity contribution in [3.8, 4) is 0 Å². The molecular weight excluding hydrogens is 162 g/mol. The number of hydrogen-bond donors (Lipinski definition) is 1. The monoisotopic (exact) mass is 185 g/mol. The second-order valence-corrected chi connectivity index (χ2v) is 5.97. The largest absolute Gasteiger partial charge is 0.355 e. The first kappa shape index (κ1) is 12.5. The van der Waals surface area contributed by atoms with Crippen LogP contribution in [-0.2, 0) is 4.79 Å². The molecule has 0 saturated carbocycles. The molecule has 1 atom stereocenters. The normalized spacial score (nSPS) is 15.2. The van der Waals surface area contributed by atoms with Gasteiger partial charge in [-0.3, -0.25) is 4.79 Å². The van der Waals surface area contributed by atoms with Crippen LogP contribution < -0.4 is 5.32 Å². The van der Waals surface area contributed by atoms with E-state index >= 15 is 0 Å². The van der Waals surface area contributed by atoms with Crippen LogP contribution in [0.5, 0.6) is 0 Å².